The first-order valence-corrected chi connectivity index (χ1v) is 43.8. The fraction of sp³-hybridized carbons (Fsp3) is 0.241. The van der Waals surface area contributed by atoms with Crippen molar-refractivity contribution in [1.82, 2.24) is 57.1 Å². The standard InChI is InChI=1S/C13H17NO2.2C12H15NO2.C11H13NO2.C11H11N.C10H9N3O3.3C10H11NO2.C9H11NO/c1-9-5-7-10(8-6-9)11(15)14-12(16)13(2,3)4;1-8(2)11(14)13-12(15)10-6-4-9(3)5-7-10;1-3-4-11(14)13-12(15)10-7-5-9(2)6-8-10;1-3-10(13)12-11(14)9-6-4-8(2)5-7-9;1-8-10-5-3-2-4-9(10)6-7-11(8)12;1-6-2-4-7(5-3-6)13-9(15)11-8(14)12-10(13)16;1-7-3-5-9(6-4-7)10(13)11-8(2)12;1-7-4-3-5-9(6-7)10(13)11-8(2)12;1-7-5-3-4-6-9(7)10(13)11-8(2)12;1-7-3-5-8(6-4-7)9(11)10-2/h5-8H,1-4H3,(H,14,15,16);4-8H,1-3H3,(H,13,14,15);5-8H,3-4H2,1-2H3,(H,13,14,15);4-7H,3H2,1-2H3,(H,12,13,14);2-7H,12H2,1H3;2-5H,1H3,(H2,11,12,14,15,16);3*3-6H,1-2H3,(H,11,12,13);3-6H,1-2H3,(H,10,11). The highest BCUT2D eigenvalue weighted by molar-refractivity contribution is 6.09. The number of amides is 15. The van der Waals surface area contributed by atoms with Crippen LogP contribution in [0.25, 0.3) is 16.5 Å². The smallest absolute Gasteiger partial charge is 0.338 e. The van der Waals surface area contributed by atoms with Crippen LogP contribution in [0.5, 0.6) is 0 Å². The van der Waals surface area contributed by atoms with Gasteiger partial charge in [0.15, 0.2) is 0 Å². The van der Waals surface area contributed by atoms with Crippen molar-refractivity contribution in [2.45, 2.75) is 158 Å². The topological polar surface area (TPSA) is 466 Å². The number of hydrogen-bond acceptors (Lipinski definition) is 19. The van der Waals surface area contributed by atoms with Gasteiger partial charge in [0.25, 0.3) is 47.3 Å². The highest BCUT2D eigenvalue weighted by atomic mass is 16.2. The van der Waals surface area contributed by atoms with E-state index in [4.69, 9.17) is 5.73 Å². The first kappa shape index (κ1) is 116. The van der Waals surface area contributed by atoms with E-state index in [9.17, 15) is 86.3 Å². The molecule has 0 radical (unpaired) electrons. The summed E-state index contributed by atoms with van der Waals surface area (Å²) < 4.78 is 0.862. The van der Waals surface area contributed by atoms with Gasteiger partial charge in [0, 0.05) is 102 Å². The molecule has 0 bridgehead atoms. The minimum atomic E-state index is -0.807. The van der Waals surface area contributed by atoms with Crippen LogP contribution in [0.2, 0.25) is 0 Å². The van der Waals surface area contributed by atoms with E-state index in [1.54, 1.807) is 164 Å². The molecule has 138 heavy (non-hydrogen) atoms. The predicted octanol–water partition coefficient (Wildman–Crippen LogP) is 15.3. The maximum absolute atomic E-state index is 11.7. The molecule has 11 aromatic carbocycles. The number of hydrogen-bond donors (Lipinski definition) is 11. The van der Waals surface area contributed by atoms with Gasteiger partial charge in [-0.05, 0) is 207 Å². The highest BCUT2D eigenvalue weighted by Crippen LogP contribution is 2.23. The molecular formula is C108H124N12O18. The average molecular weight is 1880 g/mol. The number of imide groups is 7. The van der Waals surface area contributed by atoms with Gasteiger partial charge in [-0.1, -0.05) is 239 Å². The van der Waals surface area contributed by atoms with Crippen molar-refractivity contribution in [2.75, 3.05) is 12.8 Å². The largest absolute Gasteiger partial charge is 0.398 e. The first-order chi connectivity index (χ1) is 65.0. The van der Waals surface area contributed by atoms with Crippen LogP contribution in [0, 0.1) is 80.6 Å². The monoisotopic (exact) mass is 1880 g/mol. The lowest BCUT2D eigenvalue weighted by molar-refractivity contribution is -0.127. The number of nitrogens with two attached hydrogens (primary N) is 1. The molecule has 0 saturated carbocycles. The van der Waals surface area contributed by atoms with E-state index in [-0.39, 0.29) is 94.5 Å². The average Bonchev–Trinajstić information content (AvgIpc) is 0.816. The lowest BCUT2D eigenvalue weighted by atomic mass is 9.95. The highest BCUT2D eigenvalue weighted by Gasteiger charge is 2.24. The molecule has 1 heterocycles. The number of fused-ring (bicyclic) bond motifs is 1. The van der Waals surface area contributed by atoms with E-state index in [0.717, 1.165) is 66.7 Å². The summed E-state index contributed by atoms with van der Waals surface area (Å²) in [5.41, 5.74) is 19.1. The Hall–Kier alpha value is -16.7. The molecule has 0 unspecified atom stereocenters. The van der Waals surface area contributed by atoms with E-state index in [1.165, 1.54) is 37.1 Å². The SMILES string of the molecule is CC(=O)NC(=O)c1ccc(C)cc1.CC(=O)NC(=O)c1cccc(C)c1.CC(=O)NC(=O)c1ccccc1C.CCC(=O)NC(=O)c1ccc(C)cc1.CCCC(=O)NC(=O)c1ccc(C)cc1.CNC(=O)c1ccc(C)cc1.Cc1c(N)ccc2ccccc12.Cc1ccc(-n2c(=O)[nH]c(=O)[nH]c2=O)cc1.Cc1ccc(C(=O)NC(=O)C(C)(C)C)cc1.Cc1ccc(C(=O)NC(=O)C(C)C)cc1. The van der Waals surface area contributed by atoms with E-state index in [1.807, 2.05) is 201 Å². The van der Waals surface area contributed by atoms with Crippen molar-refractivity contribution in [3.8, 4) is 5.69 Å². The summed E-state index contributed by atoms with van der Waals surface area (Å²) in [6, 6.07) is 76.2. The fourth-order valence-electron chi connectivity index (χ4n) is 10.9. The molecule has 0 aliphatic carbocycles. The van der Waals surface area contributed by atoms with Crippen LogP contribution in [-0.4, -0.2) is 110 Å². The Kier molecular flexibility index (Phi) is 49.4. The molecule has 12 N–H and O–H groups in total. The summed E-state index contributed by atoms with van der Waals surface area (Å²) in [5.74, 6) is -4.62. The minimum absolute atomic E-state index is 0.0370. The van der Waals surface area contributed by atoms with Crippen LogP contribution in [0.15, 0.2) is 269 Å². The Balaban J connectivity index is 0.000000395. The lowest BCUT2D eigenvalue weighted by Crippen LogP contribution is -2.42. The van der Waals surface area contributed by atoms with E-state index in [0.29, 0.717) is 63.0 Å². The van der Waals surface area contributed by atoms with Gasteiger partial charge in [0.05, 0.1) is 5.69 Å². The molecule has 1 aromatic heterocycles. The molecule has 15 amide bonds. The van der Waals surface area contributed by atoms with Crippen LogP contribution in [-0.2, 0) is 33.6 Å². The zero-order valence-electron chi connectivity index (χ0n) is 81.8. The molecule has 0 spiro atoms. The Morgan fingerprint density at radius 2 is 0.696 bits per heavy atom. The Bertz CT molecular complexity index is 6340. The molecule has 0 fully saturated rings. The second-order valence-corrected chi connectivity index (χ2v) is 32.7. The van der Waals surface area contributed by atoms with Crippen LogP contribution in [0.1, 0.15) is 227 Å². The van der Waals surface area contributed by atoms with Crippen LogP contribution in [0.3, 0.4) is 0 Å². The summed E-state index contributed by atoms with van der Waals surface area (Å²) >= 11 is 0. The molecule has 12 rings (SSSR count). The summed E-state index contributed by atoms with van der Waals surface area (Å²) in [4.78, 5) is 205. The normalized spacial score (nSPS) is 9.90. The number of benzene rings is 11. The molecule has 12 aromatic rings. The summed E-state index contributed by atoms with van der Waals surface area (Å²) in [6.07, 6.45) is 1.45. The van der Waals surface area contributed by atoms with Crippen molar-refractivity contribution in [1.29, 1.82) is 0 Å². The van der Waals surface area contributed by atoms with Gasteiger partial charge in [-0.3, -0.25) is 119 Å². The third-order valence-corrected chi connectivity index (χ3v) is 19.0. The molecule has 30 heteroatoms. The van der Waals surface area contributed by atoms with Gasteiger partial charge in [0.2, 0.25) is 41.4 Å². The summed E-state index contributed by atoms with van der Waals surface area (Å²) in [7, 11) is 1.63. The molecule has 0 atom stereocenters. The minimum Gasteiger partial charge on any atom is -0.398 e. The Morgan fingerprint density at radius 1 is 0.355 bits per heavy atom. The number of anilines is 1. The lowest BCUT2D eigenvalue weighted by Gasteiger charge is -2.16. The predicted molar refractivity (Wildman–Crippen MR) is 538 cm³/mol. The molecular weight excluding hydrogens is 1750 g/mol. The van der Waals surface area contributed by atoms with Crippen molar-refractivity contribution < 1.29 is 71.9 Å². The van der Waals surface area contributed by atoms with Crippen molar-refractivity contribution in [3.05, 3.63) is 386 Å². The second-order valence-electron chi connectivity index (χ2n) is 32.7. The molecule has 0 aliphatic rings. The van der Waals surface area contributed by atoms with Gasteiger partial charge >= 0.3 is 17.1 Å². The zero-order chi connectivity index (χ0) is 104. The number of aromatic nitrogens is 3. The fourth-order valence-corrected chi connectivity index (χ4v) is 10.9. The molecule has 0 aliphatic heterocycles. The number of aromatic amines is 2. The van der Waals surface area contributed by atoms with E-state index in [2.05, 4.69) is 67.7 Å². The molecule has 30 nitrogen and oxygen atoms in total. The number of carbonyl (C=O) groups is 15. The molecule has 0 saturated heterocycles. The maximum Gasteiger partial charge on any atom is 0.338 e. The van der Waals surface area contributed by atoms with Crippen molar-refractivity contribution >= 4 is 105 Å². The van der Waals surface area contributed by atoms with Gasteiger partial charge in [-0.15, -0.1) is 0 Å². The summed E-state index contributed by atoms with van der Waals surface area (Å²) in [6.45, 7) is 35.7. The van der Waals surface area contributed by atoms with Crippen LogP contribution >= 0.6 is 0 Å². The number of nitrogen functional groups attached to an aromatic ring is 1. The number of aryl methyl sites for hydroxylation is 10. The van der Waals surface area contributed by atoms with Crippen LogP contribution < -0.4 is 65.3 Å². The maximum atomic E-state index is 11.7. The van der Waals surface area contributed by atoms with Gasteiger partial charge in [-0.25, -0.2) is 19.0 Å². The first-order valence-electron chi connectivity index (χ1n) is 43.8. The zero-order valence-corrected chi connectivity index (χ0v) is 81.8. The number of H-pyrrole nitrogens is 2. The van der Waals surface area contributed by atoms with Gasteiger partial charge < -0.3 is 11.1 Å². The van der Waals surface area contributed by atoms with Gasteiger partial charge in [-0.2, -0.15) is 0 Å². The third kappa shape index (κ3) is 43.8. The number of rotatable bonds is 13. The molecule has 724 valence electrons. The number of nitrogens with zero attached hydrogens (tertiary/aromatic N) is 1. The van der Waals surface area contributed by atoms with Gasteiger partial charge in [0.1, 0.15) is 0 Å². The quantitative estimate of drug-likeness (QED) is 0.0478. The second kappa shape index (κ2) is 59.1. The van der Waals surface area contributed by atoms with Crippen molar-refractivity contribution in [2.24, 2.45) is 11.3 Å². The summed E-state index contributed by atoms with van der Waals surface area (Å²) in [5, 5.41) is 21.0. The Labute approximate surface area is 803 Å². The van der Waals surface area contributed by atoms with E-state index < -0.39 is 22.5 Å². The van der Waals surface area contributed by atoms with E-state index >= 15 is 0 Å². The van der Waals surface area contributed by atoms with Crippen molar-refractivity contribution in [3.63, 3.8) is 0 Å². The Morgan fingerprint density at radius 3 is 1.06 bits per heavy atom. The number of nitrogens with one attached hydrogen (secondary N) is 10. The third-order valence-electron chi connectivity index (χ3n) is 19.0. The number of carbonyl (C=O) groups excluding carboxylic acids is 15. The van der Waals surface area contributed by atoms with Crippen LogP contribution in [0.4, 0.5) is 5.69 Å².